The molecule has 158 valence electrons. The van der Waals surface area contributed by atoms with E-state index in [-0.39, 0.29) is 54.4 Å². The summed E-state index contributed by atoms with van der Waals surface area (Å²) >= 11 is 1.58. The Kier molecular flexibility index (Phi) is 8.13. The Morgan fingerprint density at radius 3 is 2.79 bits per heavy atom. The van der Waals surface area contributed by atoms with Gasteiger partial charge < -0.3 is 25.4 Å². The van der Waals surface area contributed by atoms with Crippen LogP contribution in [0.25, 0.3) is 0 Å². The van der Waals surface area contributed by atoms with Crippen molar-refractivity contribution in [1.29, 1.82) is 0 Å². The first-order chi connectivity index (χ1) is 12.6. The monoisotopic (exact) mass is 451 g/mol. The van der Waals surface area contributed by atoms with E-state index in [9.17, 15) is 9.59 Å². The number of hydrogen-bond acceptors (Lipinski definition) is 7. The summed E-state index contributed by atoms with van der Waals surface area (Å²) in [7, 11) is 1.38. The topological polar surface area (TPSA) is 88.7 Å². The van der Waals surface area contributed by atoms with Crippen molar-refractivity contribution in [2.75, 3.05) is 33.4 Å². The van der Waals surface area contributed by atoms with Crippen LogP contribution < -0.4 is 16.0 Å². The van der Waals surface area contributed by atoms with Crippen LogP contribution in [0, 0.1) is 0 Å². The zero-order valence-electron chi connectivity index (χ0n) is 15.7. The molecule has 2 fully saturated rings. The predicted octanol–water partition coefficient (Wildman–Crippen LogP) is 1.38. The number of amides is 1. The van der Waals surface area contributed by atoms with Gasteiger partial charge in [0.15, 0.2) is 0 Å². The lowest BCUT2D eigenvalue weighted by Crippen LogP contribution is -2.44. The number of esters is 1. The lowest BCUT2D eigenvalue weighted by molar-refractivity contribution is -0.142. The second-order valence-corrected chi connectivity index (χ2v) is 8.32. The van der Waals surface area contributed by atoms with Gasteiger partial charge in [-0.1, -0.05) is 0 Å². The maximum absolute atomic E-state index is 12.7. The number of piperidine rings is 1. The van der Waals surface area contributed by atoms with E-state index in [4.69, 9.17) is 9.47 Å². The number of methoxy groups -OCH3 is 1. The first-order valence-corrected chi connectivity index (χ1v) is 10.0. The number of carbonyl (C=O) groups excluding carboxylic acids is 2. The van der Waals surface area contributed by atoms with E-state index in [0.717, 1.165) is 43.8 Å². The highest BCUT2D eigenvalue weighted by atomic mass is 35.5. The molecule has 4 rings (SSSR count). The number of fused-ring (bicyclic) bond motifs is 2. The van der Waals surface area contributed by atoms with Gasteiger partial charge >= 0.3 is 5.97 Å². The summed E-state index contributed by atoms with van der Waals surface area (Å²) < 4.78 is 10.9. The number of carbonyl (C=O) groups is 2. The van der Waals surface area contributed by atoms with Gasteiger partial charge in [-0.15, -0.1) is 36.2 Å². The number of hydrogen-bond donors (Lipinski definition) is 3. The van der Waals surface area contributed by atoms with Gasteiger partial charge in [0.2, 0.25) is 0 Å². The normalized spacial score (nSPS) is 25.2. The Hall–Kier alpha value is -0.900. The van der Waals surface area contributed by atoms with Gasteiger partial charge in [-0.3, -0.25) is 9.59 Å². The molecule has 10 heteroatoms. The number of nitrogens with one attached hydrogen (secondary N) is 3. The van der Waals surface area contributed by atoms with E-state index in [1.165, 1.54) is 17.6 Å². The van der Waals surface area contributed by atoms with Gasteiger partial charge in [-0.25, -0.2) is 0 Å². The van der Waals surface area contributed by atoms with Crippen LogP contribution >= 0.6 is 36.2 Å². The van der Waals surface area contributed by atoms with Crippen molar-refractivity contribution in [3.8, 4) is 0 Å². The van der Waals surface area contributed by atoms with Crippen LogP contribution in [0.5, 0.6) is 0 Å². The fourth-order valence-corrected chi connectivity index (χ4v) is 5.33. The van der Waals surface area contributed by atoms with Gasteiger partial charge in [0, 0.05) is 23.9 Å². The lowest BCUT2D eigenvalue weighted by atomic mass is 9.83. The van der Waals surface area contributed by atoms with E-state index >= 15 is 0 Å². The molecule has 0 radical (unpaired) electrons. The molecular weight excluding hydrogens is 425 g/mol. The molecule has 3 aliphatic heterocycles. The summed E-state index contributed by atoms with van der Waals surface area (Å²) in [6, 6.07) is 1.63. The zero-order chi connectivity index (χ0) is 18.1. The van der Waals surface area contributed by atoms with Gasteiger partial charge in [-0.2, -0.15) is 0 Å². The third kappa shape index (κ3) is 4.47. The number of ether oxygens (including phenoxy) is 2. The predicted molar refractivity (Wildman–Crippen MR) is 112 cm³/mol. The summed E-state index contributed by atoms with van der Waals surface area (Å²) in [4.78, 5) is 26.4. The van der Waals surface area contributed by atoms with Crippen molar-refractivity contribution >= 4 is 48.0 Å². The lowest BCUT2D eigenvalue weighted by Gasteiger charge is -2.40. The van der Waals surface area contributed by atoms with Crippen molar-refractivity contribution in [2.45, 2.75) is 43.4 Å². The van der Waals surface area contributed by atoms with Crippen LogP contribution in [0.1, 0.15) is 39.4 Å². The molecule has 1 aromatic rings. The minimum absolute atomic E-state index is 0. The van der Waals surface area contributed by atoms with Crippen molar-refractivity contribution in [2.24, 2.45) is 0 Å². The Bertz CT molecular complexity index is 709. The first kappa shape index (κ1) is 23.4. The average Bonchev–Trinajstić information content (AvgIpc) is 3.30. The van der Waals surface area contributed by atoms with Crippen molar-refractivity contribution < 1.29 is 19.1 Å². The largest absolute Gasteiger partial charge is 0.468 e. The average molecular weight is 452 g/mol. The standard InChI is InChI=1S/C18H25N3O4S.2ClH/c1-24-17(23)13-8-11(10-20-13)21-16(22)15-9-12-14(26-15)2-7-25-18(12)3-5-19-6-4-18;;/h9,11,13,19-20H,2-8,10H2,1H3,(H,21,22);2*1H/t11-,13-;;/m0../s1. The van der Waals surface area contributed by atoms with Crippen LogP contribution in [0.3, 0.4) is 0 Å². The van der Waals surface area contributed by atoms with Crippen LogP contribution in [0.15, 0.2) is 6.07 Å². The van der Waals surface area contributed by atoms with Gasteiger partial charge in [-0.05, 0) is 44.0 Å². The Labute approximate surface area is 181 Å². The summed E-state index contributed by atoms with van der Waals surface area (Å²) in [5.74, 6) is -0.343. The highest BCUT2D eigenvalue weighted by Crippen LogP contribution is 2.43. The molecule has 0 unspecified atom stereocenters. The Balaban J connectivity index is 0.00000140. The van der Waals surface area contributed by atoms with Crippen LogP contribution in [-0.2, 0) is 26.3 Å². The molecule has 0 aliphatic carbocycles. The minimum atomic E-state index is -0.340. The minimum Gasteiger partial charge on any atom is -0.468 e. The second-order valence-electron chi connectivity index (χ2n) is 7.18. The first-order valence-electron chi connectivity index (χ1n) is 9.21. The molecule has 1 amide bonds. The van der Waals surface area contributed by atoms with Gasteiger partial charge in [0.25, 0.3) is 5.91 Å². The molecule has 0 bridgehead atoms. The molecule has 1 spiro atoms. The molecule has 7 nitrogen and oxygen atoms in total. The summed E-state index contributed by atoms with van der Waals surface area (Å²) in [6.07, 6.45) is 3.33. The molecule has 28 heavy (non-hydrogen) atoms. The summed E-state index contributed by atoms with van der Waals surface area (Å²) in [5.41, 5.74) is 0.982. The van der Waals surface area contributed by atoms with Crippen molar-refractivity contribution in [3.63, 3.8) is 0 Å². The van der Waals surface area contributed by atoms with Crippen molar-refractivity contribution in [3.05, 3.63) is 21.4 Å². The highest BCUT2D eigenvalue weighted by Gasteiger charge is 2.41. The van der Waals surface area contributed by atoms with E-state index in [0.29, 0.717) is 13.0 Å². The molecule has 0 saturated carbocycles. The number of rotatable bonds is 3. The molecule has 3 N–H and O–H groups in total. The Morgan fingerprint density at radius 2 is 2.07 bits per heavy atom. The quantitative estimate of drug-likeness (QED) is 0.601. The fourth-order valence-electron chi connectivity index (χ4n) is 4.20. The van der Waals surface area contributed by atoms with E-state index in [1.807, 2.05) is 6.07 Å². The molecule has 2 saturated heterocycles. The van der Waals surface area contributed by atoms with Crippen LogP contribution in [-0.4, -0.2) is 57.3 Å². The molecular formula is C18H27Cl2N3O4S. The third-order valence-electron chi connectivity index (χ3n) is 5.59. The third-order valence-corrected chi connectivity index (χ3v) is 6.79. The SMILES string of the molecule is COC(=O)[C@@H]1C[C@H](NC(=O)c2cc3c(s2)CCOC32CCNCC2)CN1.Cl.Cl. The highest BCUT2D eigenvalue weighted by molar-refractivity contribution is 7.14. The molecule has 0 aromatic carbocycles. The number of thiophene rings is 1. The summed E-state index contributed by atoms with van der Waals surface area (Å²) in [5, 5.41) is 9.53. The molecule has 1 aromatic heterocycles. The molecule has 3 aliphatic rings. The van der Waals surface area contributed by atoms with Crippen molar-refractivity contribution in [1.82, 2.24) is 16.0 Å². The smallest absolute Gasteiger partial charge is 0.322 e. The molecule has 2 atom stereocenters. The Morgan fingerprint density at radius 1 is 1.32 bits per heavy atom. The molecule has 4 heterocycles. The van der Waals surface area contributed by atoms with Crippen LogP contribution in [0.2, 0.25) is 0 Å². The van der Waals surface area contributed by atoms with E-state index in [1.54, 1.807) is 11.3 Å². The van der Waals surface area contributed by atoms with Gasteiger partial charge in [0.1, 0.15) is 6.04 Å². The van der Waals surface area contributed by atoms with Crippen LogP contribution in [0.4, 0.5) is 0 Å². The second kappa shape index (κ2) is 9.73. The van der Waals surface area contributed by atoms with E-state index in [2.05, 4.69) is 16.0 Å². The maximum atomic E-state index is 12.7. The number of halogens is 2. The van der Waals surface area contributed by atoms with E-state index < -0.39 is 0 Å². The maximum Gasteiger partial charge on any atom is 0.322 e. The summed E-state index contributed by atoms with van der Waals surface area (Å²) in [6.45, 7) is 3.19. The zero-order valence-corrected chi connectivity index (χ0v) is 18.2. The van der Waals surface area contributed by atoms with Gasteiger partial charge in [0.05, 0.1) is 24.2 Å². The fraction of sp³-hybridized carbons (Fsp3) is 0.667.